The molecule has 0 saturated heterocycles. The fourth-order valence-corrected chi connectivity index (χ4v) is 3.43. The van der Waals surface area contributed by atoms with Crippen molar-refractivity contribution >= 4 is 49.9 Å². The summed E-state index contributed by atoms with van der Waals surface area (Å²) in [5.41, 5.74) is 2.15. The van der Waals surface area contributed by atoms with Gasteiger partial charge in [0.1, 0.15) is 5.82 Å². The van der Waals surface area contributed by atoms with Crippen LogP contribution in [0.25, 0.3) is 11.0 Å². The van der Waals surface area contributed by atoms with Crippen LogP contribution in [0.5, 0.6) is 0 Å². The van der Waals surface area contributed by atoms with E-state index in [0.717, 1.165) is 34.3 Å². The molecule has 0 atom stereocenters. The number of nitrogens with zero attached hydrogens (tertiary/aromatic N) is 2. The van der Waals surface area contributed by atoms with Crippen LogP contribution in [0.3, 0.4) is 0 Å². The molecule has 0 radical (unpaired) electrons. The van der Waals surface area contributed by atoms with Gasteiger partial charge < -0.3 is 4.57 Å². The molecule has 98 valence electrons. The Kier molecular flexibility index (Phi) is 3.91. The number of benzene rings is 1. The second-order valence-electron chi connectivity index (χ2n) is 4.28. The lowest BCUT2D eigenvalue weighted by atomic mass is 10.3. The third-order valence-corrected chi connectivity index (χ3v) is 4.74. The molecule has 0 bridgehead atoms. The average Bonchev–Trinajstić information content (AvgIpc) is 3.02. The Labute approximate surface area is 129 Å². The lowest BCUT2D eigenvalue weighted by Gasteiger charge is -2.06. The molecule has 0 saturated carbocycles. The lowest BCUT2D eigenvalue weighted by molar-refractivity contribution is 0.693. The number of aryl methyl sites for hydroxylation is 2. The zero-order valence-electron chi connectivity index (χ0n) is 10.1. The second kappa shape index (κ2) is 5.65. The standard InChI is InChI=1S/C14H12BrClN2S/c15-10-3-4-13-12(8-10)17-14(9-16)18(13)6-5-11-2-1-7-19-11/h1-4,7-8H,5-6,9H2. The van der Waals surface area contributed by atoms with Crippen molar-refractivity contribution in [2.45, 2.75) is 18.8 Å². The van der Waals surface area contributed by atoms with Crippen LogP contribution in [0.4, 0.5) is 0 Å². The minimum atomic E-state index is 0.441. The summed E-state index contributed by atoms with van der Waals surface area (Å²) in [6.45, 7) is 0.917. The molecule has 3 rings (SSSR count). The van der Waals surface area contributed by atoms with E-state index >= 15 is 0 Å². The van der Waals surface area contributed by atoms with Gasteiger partial charge in [-0.05, 0) is 36.1 Å². The van der Waals surface area contributed by atoms with E-state index < -0.39 is 0 Å². The Bertz CT molecular complexity index is 691. The predicted molar refractivity (Wildman–Crippen MR) is 85.0 cm³/mol. The average molecular weight is 356 g/mol. The van der Waals surface area contributed by atoms with Crippen molar-refractivity contribution < 1.29 is 0 Å². The minimum absolute atomic E-state index is 0.441. The third kappa shape index (κ3) is 2.71. The maximum absolute atomic E-state index is 6.01. The molecule has 2 aromatic heterocycles. The molecule has 0 unspecified atom stereocenters. The molecule has 5 heteroatoms. The van der Waals surface area contributed by atoms with Crippen molar-refractivity contribution in [3.8, 4) is 0 Å². The molecule has 0 aliphatic heterocycles. The number of hydrogen-bond donors (Lipinski definition) is 0. The monoisotopic (exact) mass is 354 g/mol. The summed E-state index contributed by atoms with van der Waals surface area (Å²) >= 11 is 11.3. The zero-order valence-corrected chi connectivity index (χ0v) is 13.3. The fourth-order valence-electron chi connectivity index (χ4n) is 2.18. The maximum Gasteiger partial charge on any atom is 0.124 e. The maximum atomic E-state index is 6.01. The highest BCUT2D eigenvalue weighted by molar-refractivity contribution is 9.10. The van der Waals surface area contributed by atoms with Crippen LogP contribution in [-0.4, -0.2) is 9.55 Å². The number of thiophene rings is 1. The smallest absolute Gasteiger partial charge is 0.124 e. The van der Waals surface area contributed by atoms with E-state index in [1.807, 2.05) is 12.1 Å². The Balaban J connectivity index is 1.96. The Morgan fingerprint density at radius 2 is 2.21 bits per heavy atom. The highest BCUT2D eigenvalue weighted by Gasteiger charge is 2.10. The van der Waals surface area contributed by atoms with Gasteiger partial charge >= 0.3 is 0 Å². The molecule has 3 aromatic rings. The highest BCUT2D eigenvalue weighted by atomic mass is 79.9. The molecule has 2 nitrogen and oxygen atoms in total. The summed E-state index contributed by atoms with van der Waals surface area (Å²) in [7, 11) is 0. The molecule has 0 aliphatic rings. The van der Waals surface area contributed by atoms with Crippen molar-refractivity contribution in [2.24, 2.45) is 0 Å². The van der Waals surface area contributed by atoms with E-state index in [1.165, 1.54) is 4.88 Å². The first kappa shape index (κ1) is 13.2. The molecular formula is C14H12BrClN2S. The largest absolute Gasteiger partial charge is 0.327 e. The van der Waals surface area contributed by atoms with Gasteiger partial charge in [-0.15, -0.1) is 22.9 Å². The predicted octanol–water partition coefficient (Wildman–Crippen LogP) is 4.84. The fraction of sp³-hybridized carbons (Fsp3) is 0.214. The van der Waals surface area contributed by atoms with Crippen molar-refractivity contribution in [3.63, 3.8) is 0 Å². The quantitative estimate of drug-likeness (QED) is 0.612. The van der Waals surface area contributed by atoms with Gasteiger partial charge in [0, 0.05) is 15.9 Å². The Morgan fingerprint density at radius 3 is 2.95 bits per heavy atom. The van der Waals surface area contributed by atoms with E-state index in [9.17, 15) is 0 Å². The van der Waals surface area contributed by atoms with Crippen LogP contribution < -0.4 is 0 Å². The van der Waals surface area contributed by atoms with Gasteiger partial charge in [-0.1, -0.05) is 22.0 Å². The van der Waals surface area contributed by atoms with E-state index in [2.05, 4.69) is 49.1 Å². The number of imidazole rings is 1. The van der Waals surface area contributed by atoms with Gasteiger partial charge in [0.2, 0.25) is 0 Å². The van der Waals surface area contributed by atoms with Gasteiger partial charge in [-0.2, -0.15) is 0 Å². The van der Waals surface area contributed by atoms with E-state index in [0.29, 0.717) is 5.88 Å². The molecular weight excluding hydrogens is 344 g/mol. The van der Waals surface area contributed by atoms with Crippen molar-refractivity contribution in [1.82, 2.24) is 9.55 Å². The van der Waals surface area contributed by atoms with Crippen LogP contribution in [0.2, 0.25) is 0 Å². The van der Waals surface area contributed by atoms with E-state index in [4.69, 9.17) is 11.6 Å². The highest BCUT2D eigenvalue weighted by Crippen LogP contribution is 2.22. The summed E-state index contributed by atoms with van der Waals surface area (Å²) in [5, 5.41) is 2.11. The first-order valence-corrected chi connectivity index (χ1v) is 8.21. The lowest BCUT2D eigenvalue weighted by Crippen LogP contribution is -2.04. The van der Waals surface area contributed by atoms with Crippen LogP contribution in [0.15, 0.2) is 40.2 Å². The number of halogens is 2. The Hall–Kier alpha value is -0.840. The van der Waals surface area contributed by atoms with E-state index in [1.54, 1.807) is 11.3 Å². The molecule has 2 heterocycles. The first-order valence-electron chi connectivity index (χ1n) is 6.01. The number of aromatic nitrogens is 2. The topological polar surface area (TPSA) is 17.8 Å². The van der Waals surface area contributed by atoms with Gasteiger partial charge in [-0.25, -0.2) is 4.98 Å². The van der Waals surface area contributed by atoms with Crippen LogP contribution in [0, 0.1) is 0 Å². The number of hydrogen-bond acceptors (Lipinski definition) is 2. The summed E-state index contributed by atoms with van der Waals surface area (Å²) < 4.78 is 3.26. The molecule has 19 heavy (non-hydrogen) atoms. The van der Waals surface area contributed by atoms with Gasteiger partial charge in [0.05, 0.1) is 16.9 Å². The number of fused-ring (bicyclic) bond motifs is 1. The van der Waals surface area contributed by atoms with Gasteiger partial charge in [-0.3, -0.25) is 0 Å². The molecule has 0 aliphatic carbocycles. The van der Waals surface area contributed by atoms with Crippen molar-refractivity contribution in [1.29, 1.82) is 0 Å². The summed E-state index contributed by atoms with van der Waals surface area (Å²) in [6.07, 6.45) is 1.02. The molecule has 0 spiro atoms. The zero-order chi connectivity index (χ0) is 13.2. The first-order chi connectivity index (χ1) is 9.28. The summed E-state index contributed by atoms with van der Waals surface area (Å²) in [5.74, 6) is 1.38. The van der Waals surface area contributed by atoms with Crippen molar-refractivity contribution in [3.05, 3.63) is 50.9 Å². The van der Waals surface area contributed by atoms with Crippen LogP contribution in [0.1, 0.15) is 10.7 Å². The summed E-state index contributed by atoms with van der Waals surface area (Å²) in [6, 6.07) is 10.4. The molecule has 1 aromatic carbocycles. The van der Waals surface area contributed by atoms with Gasteiger partial charge in [0.15, 0.2) is 0 Å². The molecule has 0 N–H and O–H groups in total. The van der Waals surface area contributed by atoms with E-state index in [-0.39, 0.29) is 0 Å². The summed E-state index contributed by atoms with van der Waals surface area (Å²) in [4.78, 5) is 5.98. The SMILES string of the molecule is ClCc1nc2cc(Br)ccc2n1CCc1cccs1. The minimum Gasteiger partial charge on any atom is -0.327 e. The molecule has 0 amide bonds. The van der Waals surface area contributed by atoms with Crippen LogP contribution in [-0.2, 0) is 18.8 Å². The Morgan fingerprint density at radius 1 is 1.32 bits per heavy atom. The van der Waals surface area contributed by atoms with Gasteiger partial charge in [0.25, 0.3) is 0 Å². The third-order valence-electron chi connectivity index (χ3n) is 3.07. The number of alkyl halides is 1. The normalized spacial score (nSPS) is 11.3. The number of rotatable bonds is 4. The second-order valence-corrected chi connectivity index (χ2v) is 6.49. The molecule has 0 fully saturated rings. The van der Waals surface area contributed by atoms with Crippen molar-refractivity contribution in [2.75, 3.05) is 0 Å². The van der Waals surface area contributed by atoms with Crippen LogP contribution >= 0.6 is 38.9 Å².